The van der Waals surface area contributed by atoms with Crippen LogP contribution in [-0.4, -0.2) is 17.3 Å². The van der Waals surface area contributed by atoms with Crippen LogP contribution in [0, 0.1) is 6.92 Å². The highest BCUT2D eigenvalue weighted by Crippen LogP contribution is 2.54. The van der Waals surface area contributed by atoms with Crippen molar-refractivity contribution in [1.29, 1.82) is 0 Å². The first-order valence-corrected chi connectivity index (χ1v) is 5.58. The summed E-state index contributed by atoms with van der Waals surface area (Å²) in [5.41, 5.74) is 0.627. The lowest BCUT2D eigenvalue weighted by Gasteiger charge is -2.17. The molecule has 0 bridgehead atoms. The molecule has 0 aromatic heterocycles. The van der Waals surface area contributed by atoms with Crippen LogP contribution in [-0.2, 0) is 5.60 Å². The number of benzene rings is 1. The second kappa shape index (κ2) is 3.39. The first-order chi connectivity index (χ1) is 6.99. The van der Waals surface area contributed by atoms with Crippen molar-refractivity contribution in [3.05, 3.63) is 21.7 Å². The van der Waals surface area contributed by atoms with Gasteiger partial charge in [-0.1, -0.05) is 0 Å². The largest absolute Gasteiger partial charge is 0.504 e. The number of aromatic hydroxyl groups is 1. The minimum absolute atomic E-state index is 0.0370. The van der Waals surface area contributed by atoms with E-state index in [1.165, 1.54) is 7.11 Å². The third kappa shape index (κ3) is 1.62. The molecular weight excluding hydrogens is 260 g/mol. The van der Waals surface area contributed by atoms with E-state index in [4.69, 9.17) is 4.74 Å². The Morgan fingerprint density at radius 2 is 2.07 bits per heavy atom. The second-order valence-electron chi connectivity index (χ2n) is 3.96. The van der Waals surface area contributed by atoms with Crippen molar-refractivity contribution in [3.63, 3.8) is 0 Å². The molecular formula is C11H13BrO3. The zero-order valence-corrected chi connectivity index (χ0v) is 10.3. The Morgan fingerprint density at radius 3 is 2.53 bits per heavy atom. The molecule has 3 nitrogen and oxygen atoms in total. The first-order valence-electron chi connectivity index (χ1n) is 4.78. The molecule has 2 N–H and O–H groups in total. The van der Waals surface area contributed by atoms with Gasteiger partial charge in [0, 0.05) is 10.0 Å². The van der Waals surface area contributed by atoms with E-state index >= 15 is 0 Å². The standard InChI is InChI=1S/C11H13BrO3/c1-6-5-7(15-2)10(13)8(9(6)12)11(14)3-4-11/h5,13-14H,3-4H2,1-2H3. The van der Waals surface area contributed by atoms with Crippen LogP contribution in [0.1, 0.15) is 24.0 Å². The Balaban J connectivity index is 2.65. The van der Waals surface area contributed by atoms with Crippen molar-refractivity contribution in [1.82, 2.24) is 0 Å². The first kappa shape index (κ1) is 10.8. The van der Waals surface area contributed by atoms with Gasteiger partial charge < -0.3 is 14.9 Å². The summed E-state index contributed by atoms with van der Waals surface area (Å²) in [6, 6.07) is 1.74. The third-order valence-corrected chi connectivity index (χ3v) is 3.81. The highest BCUT2D eigenvalue weighted by molar-refractivity contribution is 9.10. The van der Waals surface area contributed by atoms with Crippen LogP contribution < -0.4 is 4.74 Å². The fourth-order valence-electron chi connectivity index (χ4n) is 1.70. The van der Waals surface area contributed by atoms with Gasteiger partial charge in [0.1, 0.15) is 0 Å². The van der Waals surface area contributed by atoms with E-state index in [1.54, 1.807) is 6.07 Å². The summed E-state index contributed by atoms with van der Waals surface area (Å²) < 4.78 is 5.83. The van der Waals surface area contributed by atoms with Crippen molar-refractivity contribution in [2.45, 2.75) is 25.4 Å². The molecule has 15 heavy (non-hydrogen) atoms. The monoisotopic (exact) mass is 272 g/mol. The summed E-state index contributed by atoms with van der Waals surface area (Å²) in [6.45, 7) is 1.90. The van der Waals surface area contributed by atoms with Crippen molar-refractivity contribution < 1.29 is 14.9 Å². The number of aliphatic hydroxyl groups is 1. The maximum absolute atomic E-state index is 10.1. The van der Waals surface area contributed by atoms with Crippen LogP contribution in [0.25, 0.3) is 0 Å². The normalized spacial score (nSPS) is 17.6. The van der Waals surface area contributed by atoms with Gasteiger partial charge in [0.25, 0.3) is 0 Å². The van der Waals surface area contributed by atoms with Gasteiger partial charge in [-0.25, -0.2) is 0 Å². The zero-order valence-electron chi connectivity index (χ0n) is 8.67. The highest BCUT2D eigenvalue weighted by Gasteiger charge is 2.46. The van der Waals surface area contributed by atoms with Crippen molar-refractivity contribution in [3.8, 4) is 11.5 Å². The van der Waals surface area contributed by atoms with Crippen LogP contribution in [0.5, 0.6) is 11.5 Å². The second-order valence-corrected chi connectivity index (χ2v) is 4.76. The Labute approximate surface area is 96.8 Å². The molecule has 0 radical (unpaired) electrons. The fourth-order valence-corrected chi connectivity index (χ4v) is 2.37. The van der Waals surface area contributed by atoms with Crippen LogP contribution in [0.2, 0.25) is 0 Å². The topological polar surface area (TPSA) is 49.7 Å². The van der Waals surface area contributed by atoms with Crippen LogP contribution >= 0.6 is 15.9 Å². The number of ether oxygens (including phenoxy) is 1. The van der Waals surface area contributed by atoms with Crippen molar-refractivity contribution >= 4 is 15.9 Å². The lowest BCUT2D eigenvalue weighted by Crippen LogP contribution is -2.07. The van der Waals surface area contributed by atoms with Crippen molar-refractivity contribution in [2.24, 2.45) is 0 Å². The Hall–Kier alpha value is -0.740. The Morgan fingerprint density at radius 1 is 1.47 bits per heavy atom. The van der Waals surface area contributed by atoms with Gasteiger partial charge in [0.2, 0.25) is 0 Å². The number of phenols is 1. The van der Waals surface area contributed by atoms with E-state index in [1.807, 2.05) is 6.92 Å². The smallest absolute Gasteiger partial charge is 0.165 e. The van der Waals surface area contributed by atoms with Gasteiger partial charge in [-0.15, -0.1) is 0 Å². The number of methoxy groups -OCH3 is 1. The van der Waals surface area contributed by atoms with Gasteiger partial charge >= 0.3 is 0 Å². The molecule has 0 aliphatic heterocycles. The Kier molecular flexibility index (Phi) is 2.43. The average molecular weight is 273 g/mol. The molecule has 1 fully saturated rings. The number of hydrogen-bond acceptors (Lipinski definition) is 3. The summed E-state index contributed by atoms with van der Waals surface area (Å²) in [6.07, 6.45) is 1.37. The molecule has 0 spiro atoms. The molecule has 1 aromatic carbocycles. The summed E-state index contributed by atoms with van der Waals surface area (Å²) in [5, 5.41) is 20.0. The molecule has 1 saturated carbocycles. The third-order valence-electron chi connectivity index (χ3n) is 2.79. The molecule has 2 rings (SSSR count). The molecule has 82 valence electrons. The molecule has 0 amide bonds. The highest BCUT2D eigenvalue weighted by atomic mass is 79.9. The summed E-state index contributed by atoms with van der Waals surface area (Å²) >= 11 is 3.39. The zero-order chi connectivity index (χ0) is 11.2. The number of rotatable bonds is 2. The molecule has 0 unspecified atom stereocenters. The Bertz CT molecular complexity index is 411. The fraction of sp³-hybridized carbons (Fsp3) is 0.455. The SMILES string of the molecule is COc1cc(C)c(Br)c(C2(O)CC2)c1O. The lowest BCUT2D eigenvalue weighted by molar-refractivity contribution is 0.146. The van der Waals surface area contributed by atoms with Crippen molar-refractivity contribution in [2.75, 3.05) is 7.11 Å². The van der Waals surface area contributed by atoms with Gasteiger partial charge in [0.05, 0.1) is 12.7 Å². The number of phenolic OH excluding ortho intramolecular Hbond substituents is 1. The van der Waals surface area contributed by atoms with E-state index in [0.717, 1.165) is 10.0 Å². The van der Waals surface area contributed by atoms with E-state index in [0.29, 0.717) is 24.2 Å². The molecule has 4 heteroatoms. The van der Waals surface area contributed by atoms with E-state index < -0.39 is 5.60 Å². The predicted molar refractivity (Wildman–Crippen MR) is 60.2 cm³/mol. The minimum Gasteiger partial charge on any atom is -0.504 e. The van der Waals surface area contributed by atoms with Gasteiger partial charge in [0.15, 0.2) is 11.5 Å². The van der Waals surface area contributed by atoms with Gasteiger partial charge in [-0.3, -0.25) is 0 Å². The van der Waals surface area contributed by atoms with Gasteiger partial charge in [-0.05, 0) is 47.3 Å². The minimum atomic E-state index is -0.873. The quantitative estimate of drug-likeness (QED) is 0.870. The number of hydrogen-bond donors (Lipinski definition) is 2. The predicted octanol–water partition coefficient (Wildman–Crippen LogP) is 2.45. The lowest BCUT2D eigenvalue weighted by atomic mass is 10.0. The van der Waals surface area contributed by atoms with Crippen LogP contribution in [0.4, 0.5) is 0 Å². The number of aryl methyl sites for hydroxylation is 1. The van der Waals surface area contributed by atoms with E-state index in [2.05, 4.69) is 15.9 Å². The average Bonchev–Trinajstić information content (AvgIpc) is 2.91. The van der Waals surface area contributed by atoms with E-state index in [-0.39, 0.29) is 5.75 Å². The number of halogens is 1. The molecule has 1 aromatic rings. The van der Waals surface area contributed by atoms with Crippen LogP contribution in [0.15, 0.2) is 10.5 Å². The molecule has 0 atom stereocenters. The molecule has 0 heterocycles. The maximum atomic E-state index is 10.1. The molecule has 0 saturated heterocycles. The van der Waals surface area contributed by atoms with E-state index in [9.17, 15) is 10.2 Å². The van der Waals surface area contributed by atoms with Gasteiger partial charge in [-0.2, -0.15) is 0 Å². The van der Waals surface area contributed by atoms with Crippen LogP contribution in [0.3, 0.4) is 0 Å². The maximum Gasteiger partial charge on any atom is 0.165 e. The molecule has 1 aliphatic rings. The summed E-state index contributed by atoms with van der Waals surface area (Å²) in [5.74, 6) is 0.445. The summed E-state index contributed by atoms with van der Waals surface area (Å²) in [4.78, 5) is 0. The molecule has 1 aliphatic carbocycles. The summed E-state index contributed by atoms with van der Waals surface area (Å²) in [7, 11) is 1.50.